The minimum Gasteiger partial charge on any atom is -0.493 e. The predicted molar refractivity (Wildman–Crippen MR) is 117 cm³/mol. The summed E-state index contributed by atoms with van der Waals surface area (Å²) in [5, 5.41) is 3.30. The van der Waals surface area contributed by atoms with Gasteiger partial charge in [0.25, 0.3) is 0 Å². The fourth-order valence-electron chi connectivity index (χ4n) is 2.87. The summed E-state index contributed by atoms with van der Waals surface area (Å²) >= 11 is 12.2. The van der Waals surface area contributed by atoms with E-state index in [1.165, 1.54) is 26.2 Å². The highest BCUT2D eigenvalue weighted by Gasteiger charge is 2.20. The molecule has 0 bridgehead atoms. The Morgan fingerprint density at radius 1 is 1.00 bits per heavy atom. The average molecular weight is 455 g/mol. The zero-order valence-corrected chi connectivity index (χ0v) is 18.8. The van der Waals surface area contributed by atoms with E-state index in [1.54, 1.807) is 37.3 Å². The van der Waals surface area contributed by atoms with Crippen LogP contribution in [0.5, 0.6) is 17.2 Å². The predicted octanol–water partition coefficient (Wildman–Crippen LogP) is 4.05. The van der Waals surface area contributed by atoms with Crippen LogP contribution < -0.4 is 19.5 Å². The number of anilines is 1. The zero-order chi connectivity index (χ0) is 22.3. The van der Waals surface area contributed by atoms with Gasteiger partial charge in [-0.25, -0.2) is 0 Å². The molecule has 0 saturated heterocycles. The standard InChI is InChI=1S/C21H24Cl2N2O5/c1-5-25(12-18(26)24-20-14(22)7-6-8-15(20)23)19(27)11-13-9-16(28-2)21(30-4)17(10-13)29-3/h6-10H,5,11-12H2,1-4H3,(H,24,26). The molecule has 1 N–H and O–H groups in total. The largest absolute Gasteiger partial charge is 0.493 e. The number of hydrogen-bond donors (Lipinski definition) is 1. The number of carbonyl (C=O) groups excluding carboxylic acids is 2. The van der Waals surface area contributed by atoms with Gasteiger partial charge in [-0.1, -0.05) is 29.3 Å². The molecule has 0 aliphatic rings. The first kappa shape index (κ1) is 23.6. The molecule has 30 heavy (non-hydrogen) atoms. The molecule has 2 aromatic rings. The summed E-state index contributed by atoms with van der Waals surface area (Å²) in [6.07, 6.45) is 0.0602. The van der Waals surface area contributed by atoms with Crippen LogP contribution in [0.2, 0.25) is 10.0 Å². The van der Waals surface area contributed by atoms with Gasteiger partial charge in [-0.2, -0.15) is 0 Å². The SMILES string of the molecule is CCN(CC(=O)Nc1c(Cl)cccc1Cl)C(=O)Cc1cc(OC)c(OC)c(OC)c1. The van der Waals surface area contributed by atoms with Gasteiger partial charge >= 0.3 is 0 Å². The minimum atomic E-state index is -0.398. The molecule has 9 heteroatoms. The van der Waals surface area contributed by atoms with E-state index in [4.69, 9.17) is 37.4 Å². The van der Waals surface area contributed by atoms with E-state index in [-0.39, 0.29) is 18.9 Å². The molecule has 0 aromatic heterocycles. The van der Waals surface area contributed by atoms with E-state index in [9.17, 15) is 9.59 Å². The summed E-state index contributed by atoms with van der Waals surface area (Å²) in [6.45, 7) is 2.01. The van der Waals surface area contributed by atoms with Crippen molar-refractivity contribution in [2.75, 3.05) is 39.7 Å². The van der Waals surface area contributed by atoms with E-state index in [0.29, 0.717) is 45.1 Å². The lowest BCUT2D eigenvalue weighted by Gasteiger charge is -2.21. The number of amides is 2. The Kier molecular flexibility index (Phi) is 8.62. The van der Waals surface area contributed by atoms with Crippen LogP contribution in [0.3, 0.4) is 0 Å². The second kappa shape index (κ2) is 10.9. The van der Waals surface area contributed by atoms with Gasteiger partial charge in [-0.3, -0.25) is 9.59 Å². The van der Waals surface area contributed by atoms with Crippen molar-refractivity contribution in [2.45, 2.75) is 13.3 Å². The van der Waals surface area contributed by atoms with Gasteiger partial charge < -0.3 is 24.4 Å². The van der Waals surface area contributed by atoms with Crippen LogP contribution in [0.15, 0.2) is 30.3 Å². The number of likely N-dealkylation sites (N-methyl/N-ethyl adjacent to an activating group) is 1. The molecule has 0 atom stereocenters. The van der Waals surface area contributed by atoms with Gasteiger partial charge in [-0.15, -0.1) is 0 Å². The van der Waals surface area contributed by atoms with Crippen LogP contribution in [-0.2, 0) is 16.0 Å². The first-order chi connectivity index (χ1) is 14.3. The molecule has 0 spiro atoms. The van der Waals surface area contributed by atoms with Gasteiger partial charge in [0.1, 0.15) is 0 Å². The van der Waals surface area contributed by atoms with Crippen molar-refractivity contribution in [2.24, 2.45) is 0 Å². The molecule has 2 amide bonds. The maximum Gasteiger partial charge on any atom is 0.244 e. The summed E-state index contributed by atoms with van der Waals surface area (Å²) in [5.74, 6) is 0.722. The molecule has 0 heterocycles. The molecule has 0 aliphatic heterocycles. The van der Waals surface area contributed by atoms with Gasteiger partial charge in [-0.05, 0) is 36.8 Å². The average Bonchev–Trinajstić information content (AvgIpc) is 2.73. The van der Waals surface area contributed by atoms with Gasteiger partial charge in [0.05, 0.1) is 50.0 Å². The third-order valence-electron chi connectivity index (χ3n) is 4.38. The maximum absolute atomic E-state index is 12.8. The fraction of sp³-hybridized carbons (Fsp3) is 0.333. The summed E-state index contributed by atoms with van der Waals surface area (Å²) < 4.78 is 15.9. The first-order valence-electron chi connectivity index (χ1n) is 9.15. The normalized spacial score (nSPS) is 10.3. The Hall–Kier alpha value is -2.64. The van der Waals surface area contributed by atoms with Crippen molar-refractivity contribution in [3.05, 3.63) is 45.9 Å². The number of hydrogen-bond acceptors (Lipinski definition) is 5. The molecule has 7 nitrogen and oxygen atoms in total. The zero-order valence-electron chi connectivity index (χ0n) is 17.3. The van der Waals surface area contributed by atoms with E-state index in [0.717, 1.165) is 0 Å². The van der Waals surface area contributed by atoms with Crippen LogP contribution in [0, 0.1) is 0 Å². The van der Waals surface area contributed by atoms with Crippen molar-refractivity contribution in [3.8, 4) is 17.2 Å². The van der Waals surface area contributed by atoms with Crippen molar-refractivity contribution in [1.29, 1.82) is 0 Å². The topological polar surface area (TPSA) is 77.1 Å². The van der Waals surface area contributed by atoms with Crippen LogP contribution in [0.4, 0.5) is 5.69 Å². The highest BCUT2D eigenvalue weighted by molar-refractivity contribution is 6.39. The number of para-hydroxylation sites is 1. The number of nitrogens with one attached hydrogen (secondary N) is 1. The highest BCUT2D eigenvalue weighted by Crippen LogP contribution is 2.38. The van der Waals surface area contributed by atoms with Gasteiger partial charge in [0, 0.05) is 6.54 Å². The number of ether oxygens (including phenoxy) is 3. The first-order valence-corrected chi connectivity index (χ1v) is 9.90. The van der Waals surface area contributed by atoms with Crippen molar-refractivity contribution < 1.29 is 23.8 Å². The summed E-state index contributed by atoms with van der Waals surface area (Å²) in [4.78, 5) is 26.7. The monoisotopic (exact) mass is 454 g/mol. The Labute approximate surface area is 185 Å². The van der Waals surface area contributed by atoms with Crippen molar-refractivity contribution in [3.63, 3.8) is 0 Å². The lowest BCUT2D eigenvalue weighted by atomic mass is 10.1. The van der Waals surface area contributed by atoms with Crippen LogP contribution in [0.25, 0.3) is 0 Å². The van der Waals surface area contributed by atoms with Crippen LogP contribution in [-0.4, -0.2) is 51.1 Å². The van der Waals surface area contributed by atoms with Crippen molar-refractivity contribution in [1.82, 2.24) is 4.90 Å². The van der Waals surface area contributed by atoms with Gasteiger partial charge in [0.2, 0.25) is 17.6 Å². The van der Waals surface area contributed by atoms with E-state index in [1.807, 2.05) is 0 Å². The molecule has 0 aliphatic carbocycles. The van der Waals surface area contributed by atoms with Gasteiger partial charge in [0.15, 0.2) is 11.5 Å². The molecule has 0 fully saturated rings. The van der Waals surface area contributed by atoms with Crippen LogP contribution in [0.1, 0.15) is 12.5 Å². The summed E-state index contributed by atoms with van der Waals surface area (Å²) in [6, 6.07) is 8.33. The number of halogens is 2. The quantitative estimate of drug-likeness (QED) is 0.618. The number of rotatable bonds is 9. The molecule has 2 rings (SSSR count). The van der Waals surface area contributed by atoms with Crippen LogP contribution >= 0.6 is 23.2 Å². The van der Waals surface area contributed by atoms with E-state index >= 15 is 0 Å². The lowest BCUT2D eigenvalue weighted by molar-refractivity contribution is -0.133. The third-order valence-corrected chi connectivity index (χ3v) is 5.01. The Morgan fingerprint density at radius 2 is 1.57 bits per heavy atom. The number of carbonyl (C=O) groups is 2. The third kappa shape index (κ3) is 5.70. The molecular formula is C21H24Cl2N2O5. The molecule has 2 aromatic carbocycles. The number of benzene rings is 2. The van der Waals surface area contributed by atoms with E-state index < -0.39 is 5.91 Å². The number of nitrogens with zero attached hydrogens (tertiary/aromatic N) is 1. The Morgan fingerprint density at radius 3 is 2.03 bits per heavy atom. The second-order valence-corrected chi connectivity index (χ2v) is 7.08. The fourth-order valence-corrected chi connectivity index (χ4v) is 3.36. The lowest BCUT2D eigenvalue weighted by Crippen LogP contribution is -2.38. The Balaban J connectivity index is 2.12. The molecule has 162 valence electrons. The Bertz CT molecular complexity index is 875. The highest BCUT2D eigenvalue weighted by atomic mass is 35.5. The smallest absolute Gasteiger partial charge is 0.244 e. The molecule has 0 radical (unpaired) electrons. The number of methoxy groups -OCH3 is 3. The molecule has 0 saturated carbocycles. The van der Waals surface area contributed by atoms with E-state index in [2.05, 4.69) is 5.32 Å². The molecular weight excluding hydrogens is 431 g/mol. The summed E-state index contributed by atoms with van der Waals surface area (Å²) in [5.41, 5.74) is 0.987. The second-order valence-electron chi connectivity index (χ2n) is 6.26. The molecule has 0 unspecified atom stereocenters. The summed E-state index contributed by atoms with van der Waals surface area (Å²) in [7, 11) is 4.52. The minimum absolute atomic E-state index is 0.0602. The maximum atomic E-state index is 12.8. The van der Waals surface area contributed by atoms with Crippen molar-refractivity contribution >= 4 is 40.7 Å².